The van der Waals surface area contributed by atoms with E-state index in [-0.39, 0.29) is 11.9 Å². The summed E-state index contributed by atoms with van der Waals surface area (Å²) >= 11 is 6.20. The standard InChI is InChI=1S/C22H21ClFN5O2/c23-14-3-6-17-19(9-14)26-11-20-28(21(17)22(30)31)12-27-29(20)16-4-1-13(2-5-16)18-10-15(24)7-8-25-18/h1,7-12,16,21,26H,2-6H2,(H,30,31). The van der Waals surface area contributed by atoms with E-state index in [1.807, 2.05) is 5.01 Å². The lowest BCUT2D eigenvalue weighted by Crippen LogP contribution is -2.42. The maximum absolute atomic E-state index is 13.5. The van der Waals surface area contributed by atoms with E-state index >= 15 is 0 Å². The van der Waals surface area contributed by atoms with Crippen molar-refractivity contribution in [2.24, 2.45) is 5.10 Å². The lowest BCUT2D eigenvalue weighted by molar-refractivity contribution is -0.140. The van der Waals surface area contributed by atoms with Crippen LogP contribution < -0.4 is 5.32 Å². The molecule has 0 spiro atoms. The Labute approximate surface area is 183 Å². The van der Waals surface area contributed by atoms with Gasteiger partial charge in [-0.2, -0.15) is 5.10 Å². The molecule has 31 heavy (non-hydrogen) atoms. The number of fused-ring (bicyclic) bond motifs is 1. The minimum atomic E-state index is -0.926. The molecule has 0 aromatic carbocycles. The van der Waals surface area contributed by atoms with Crippen LogP contribution in [0.15, 0.2) is 63.9 Å². The number of carboxylic acids is 1. The van der Waals surface area contributed by atoms with Gasteiger partial charge >= 0.3 is 5.97 Å². The van der Waals surface area contributed by atoms with Gasteiger partial charge in [-0.15, -0.1) is 0 Å². The number of hydrogen-bond donors (Lipinski definition) is 2. The van der Waals surface area contributed by atoms with Crippen LogP contribution >= 0.6 is 11.6 Å². The lowest BCUT2D eigenvalue weighted by Gasteiger charge is -2.33. The van der Waals surface area contributed by atoms with E-state index < -0.39 is 12.0 Å². The molecule has 0 bridgehead atoms. The number of hydrazone groups is 1. The van der Waals surface area contributed by atoms with Crippen molar-refractivity contribution in [2.45, 2.75) is 44.2 Å². The second-order valence-corrected chi connectivity index (χ2v) is 8.40. The molecule has 3 heterocycles. The van der Waals surface area contributed by atoms with Crippen molar-refractivity contribution in [2.75, 3.05) is 0 Å². The number of rotatable bonds is 3. The molecule has 7 nitrogen and oxygen atoms in total. The molecular formula is C22H21ClFN5O2. The number of hydrogen-bond acceptors (Lipinski definition) is 6. The molecule has 1 aromatic rings. The summed E-state index contributed by atoms with van der Waals surface area (Å²) in [4.78, 5) is 18.2. The number of aliphatic carboxylic acids is 1. The molecule has 0 saturated heterocycles. The summed E-state index contributed by atoms with van der Waals surface area (Å²) < 4.78 is 13.5. The van der Waals surface area contributed by atoms with Gasteiger partial charge in [-0.25, -0.2) is 14.2 Å². The zero-order chi connectivity index (χ0) is 21.5. The minimum absolute atomic E-state index is 0.0651. The first-order valence-corrected chi connectivity index (χ1v) is 10.6. The molecule has 0 radical (unpaired) electrons. The van der Waals surface area contributed by atoms with Crippen LogP contribution in [0.4, 0.5) is 4.39 Å². The molecule has 0 fully saturated rings. The Bertz CT molecular complexity index is 1090. The first kappa shape index (κ1) is 19.8. The normalized spacial score (nSPS) is 25.2. The Morgan fingerprint density at radius 1 is 1.32 bits per heavy atom. The van der Waals surface area contributed by atoms with Crippen LogP contribution in [0.2, 0.25) is 0 Å². The van der Waals surface area contributed by atoms with Crippen molar-refractivity contribution in [3.8, 4) is 0 Å². The molecule has 0 saturated carbocycles. The summed E-state index contributed by atoms with van der Waals surface area (Å²) in [5, 5.41) is 20.3. The number of carbonyl (C=O) groups is 1. The molecule has 0 amide bonds. The smallest absolute Gasteiger partial charge is 0.331 e. The molecule has 2 aliphatic heterocycles. The first-order valence-electron chi connectivity index (χ1n) is 10.2. The van der Waals surface area contributed by atoms with Gasteiger partial charge in [0.2, 0.25) is 0 Å². The van der Waals surface area contributed by atoms with Crippen molar-refractivity contribution in [3.63, 3.8) is 0 Å². The van der Waals surface area contributed by atoms with Crippen LogP contribution in [0.3, 0.4) is 0 Å². The van der Waals surface area contributed by atoms with Gasteiger partial charge in [-0.1, -0.05) is 17.7 Å². The Morgan fingerprint density at radius 3 is 2.94 bits per heavy atom. The summed E-state index contributed by atoms with van der Waals surface area (Å²) in [6.07, 6.45) is 12.2. The predicted octanol–water partition coefficient (Wildman–Crippen LogP) is 3.74. The van der Waals surface area contributed by atoms with Gasteiger partial charge in [0.1, 0.15) is 18.0 Å². The van der Waals surface area contributed by atoms with E-state index in [9.17, 15) is 14.3 Å². The maximum Gasteiger partial charge on any atom is 0.331 e. The number of halogens is 2. The van der Waals surface area contributed by atoms with E-state index in [2.05, 4.69) is 21.5 Å². The molecule has 5 rings (SSSR count). The highest BCUT2D eigenvalue weighted by atomic mass is 35.5. The molecule has 2 aliphatic carbocycles. The SMILES string of the molecule is O=C(O)C1C2=C(C=C(Cl)CC2)NC=C2N1C=NN2C1CC=C(c2cc(F)ccn2)CC1. The highest BCUT2D eigenvalue weighted by molar-refractivity contribution is 6.29. The molecule has 2 atom stereocenters. The first-order chi connectivity index (χ1) is 15.0. The fourth-order valence-electron chi connectivity index (χ4n) is 4.53. The van der Waals surface area contributed by atoms with Gasteiger partial charge in [-0.3, -0.25) is 9.88 Å². The maximum atomic E-state index is 13.5. The third kappa shape index (κ3) is 3.61. The van der Waals surface area contributed by atoms with Crippen molar-refractivity contribution < 1.29 is 14.3 Å². The van der Waals surface area contributed by atoms with Gasteiger partial charge in [0.25, 0.3) is 0 Å². The van der Waals surface area contributed by atoms with Crippen LogP contribution in [-0.4, -0.2) is 44.4 Å². The average Bonchev–Trinajstić information content (AvgIpc) is 3.09. The van der Waals surface area contributed by atoms with Crippen LogP contribution in [0.5, 0.6) is 0 Å². The zero-order valence-electron chi connectivity index (χ0n) is 16.6. The van der Waals surface area contributed by atoms with Crippen LogP contribution in [-0.2, 0) is 4.79 Å². The summed E-state index contributed by atoms with van der Waals surface area (Å²) in [5.41, 5.74) is 3.21. The van der Waals surface area contributed by atoms with Gasteiger partial charge in [-0.05, 0) is 61.5 Å². The predicted molar refractivity (Wildman–Crippen MR) is 115 cm³/mol. The fraction of sp³-hybridized carbons (Fsp3) is 0.318. The third-order valence-corrected chi connectivity index (χ3v) is 6.36. The Kier molecular flexibility index (Phi) is 5.02. The topological polar surface area (TPSA) is 81.1 Å². The van der Waals surface area contributed by atoms with E-state index in [1.165, 1.54) is 18.3 Å². The lowest BCUT2D eigenvalue weighted by atomic mass is 9.92. The summed E-state index contributed by atoms with van der Waals surface area (Å²) in [6.45, 7) is 0. The highest BCUT2D eigenvalue weighted by Gasteiger charge is 2.40. The van der Waals surface area contributed by atoms with Crippen molar-refractivity contribution in [1.82, 2.24) is 20.2 Å². The quantitative estimate of drug-likeness (QED) is 0.743. The molecule has 160 valence electrons. The molecule has 2 unspecified atom stereocenters. The average molecular weight is 442 g/mol. The monoisotopic (exact) mass is 441 g/mol. The largest absolute Gasteiger partial charge is 0.479 e. The van der Waals surface area contributed by atoms with E-state index in [1.54, 1.807) is 23.5 Å². The van der Waals surface area contributed by atoms with Crippen LogP contribution in [0.25, 0.3) is 5.57 Å². The molecule has 9 heteroatoms. The van der Waals surface area contributed by atoms with E-state index in [0.717, 1.165) is 29.7 Å². The summed E-state index contributed by atoms with van der Waals surface area (Å²) in [7, 11) is 0. The Hall–Kier alpha value is -3.13. The van der Waals surface area contributed by atoms with Crippen LogP contribution in [0.1, 0.15) is 37.8 Å². The zero-order valence-corrected chi connectivity index (χ0v) is 17.4. The second kappa shape index (κ2) is 7.85. The Balaban J connectivity index is 1.39. The molecule has 4 aliphatic rings. The molecule has 2 N–H and O–H groups in total. The van der Waals surface area contributed by atoms with E-state index in [4.69, 9.17) is 11.6 Å². The van der Waals surface area contributed by atoms with Gasteiger partial charge in [0.15, 0.2) is 6.04 Å². The number of allylic oxidation sites excluding steroid dienone is 3. The van der Waals surface area contributed by atoms with Gasteiger partial charge in [0, 0.05) is 23.1 Å². The Morgan fingerprint density at radius 2 is 2.19 bits per heavy atom. The van der Waals surface area contributed by atoms with Crippen LogP contribution in [0, 0.1) is 5.82 Å². The summed E-state index contributed by atoms with van der Waals surface area (Å²) in [6, 6.07) is 2.02. The number of nitrogens with one attached hydrogen (secondary N) is 1. The van der Waals surface area contributed by atoms with E-state index in [0.29, 0.717) is 35.8 Å². The van der Waals surface area contributed by atoms with Crippen molar-refractivity contribution >= 4 is 29.5 Å². The van der Waals surface area contributed by atoms with Crippen molar-refractivity contribution in [1.29, 1.82) is 0 Å². The van der Waals surface area contributed by atoms with Gasteiger partial charge < -0.3 is 10.4 Å². The second-order valence-electron chi connectivity index (χ2n) is 7.92. The number of carboxylic acid groups (broad SMARTS) is 1. The third-order valence-electron chi connectivity index (χ3n) is 6.06. The molecule has 1 aromatic heterocycles. The number of nitrogens with zero attached hydrogens (tertiary/aromatic N) is 4. The minimum Gasteiger partial charge on any atom is -0.479 e. The molecular weight excluding hydrogens is 421 g/mol. The fourth-order valence-corrected chi connectivity index (χ4v) is 4.73. The van der Waals surface area contributed by atoms with Crippen molar-refractivity contribution in [3.05, 3.63) is 70.3 Å². The van der Waals surface area contributed by atoms with Gasteiger partial charge in [0.05, 0.1) is 11.7 Å². The highest BCUT2D eigenvalue weighted by Crippen LogP contribution is 2.37. The number of pyridine rings is 1. The summed E-state index contributed by atoms with van der Waals surface area (Å²) in [5.74, 6) is -0.533. The number of aromatic nitrogens is 1.